The minimum absolute atomic E-state index is 0.121. The summed E-state index contributed by atoms with van der Waals surface area (Å²) in [6.45, 7) is 1.80. The van der Waals surface area contributed by atoms with Crippen LogP contribution in [0.1, 0.15) is 16.1 Å². The summed E-state index contributed by atoms with van der Waals surface area (Å²) in [5.74, 6) is -1.42. The summed E-state index contributed by atoms with van der Waals surface area (Å²) in [6.07, 6.45) is 0. The van der Waals surface area contributed by atoms with Gasteiger partial charge in [0.2, 0.25) is 0 Å². The lowest BCUT2D eigenvalue weighted by Crippen LogP contribution is -2.25. The van der Waals surface area contributed by atoms with Gasteiger partial charge < -0.3 is 15.5 Å². The van der Waals surface area contributed by atoms with Crippen molar-refractivity contribution < 1.29 is 15.0 Å². The molecule has 132 valence electrons. The molecule has 0 saturated heterocycles. The predicted molar refractivity (Wildman–Crippen MR) is 100.0 cm³/mol. The lowest BCUT2D eigenvalue weighted by atomic mass is 10.2. The van der Waals surface area contributed by atoms with E-state index in [0.717, 1.165) is 20.8 Å². The first kappa shape index (κ1) is 17.7. The van der Waals surface area contributed by atoms with Crippen LogP contribution in [-0.2, 0) is 0 Å². The quantitative estimate of drug-likeness (QED) is 0.570. The number of halogens is 1. The van der Waals surface area contributed by atoms with Crippen molar-refractivity contribution in [2.75, 3.05) is 5.32 Å². The van der Waals surface area contributed by atoms with Gasteiger partial charge in [0.1, 0.15) is 5.75 Å². The maximum absolute atomic E-state index is 12.5. The summed E-state index contributed by atoms with van der Waals surface area (Å²) in [4.78, 5) is 24.6. The molecule has 1 amide bonds. The van der Waals surface area contributed by atoms with Crippen LogP contribution >= 0.6 is 15.9 Å². The predicted octanol–water partition coefficient (Wildman–Crippen LogP) is 2.97. The molecule has 0 aliphatic carbocycles. The van der Waals surface area contributed by atoms with Gasteiger partial charge in [-0.1, -0.05) is 22.0 Å². The first-order valence-corrected chi connectivity index (χ1v) is 8.35. The van der Waals surface area contributed by atoms with Crippen molar-refractivity contribution in [3.63, 3.8) is 0 Å². The normalized spacial score (nSPS) is 10.5. The van der Waals surface area contributed by atoms with Crippen LogP contribution in [0.2, 0.25) is 0 Å². The van der Waals surface area contributed by atoms with Gasteiger partial charge in [0, 0.05) is 10.5 Å². The molecule has 0 spiro atoms. The number of benzene rings is 2. The van der Waals surface area contributed by atoms with Crippen molar-refractivity contribution in [3.05, 3.63) is 74.6 Å². The highest BCUT2D eigenvalue weighted by molar-refractivity contribution is 9.10. The number of aromatic nitrogens is 2. The van der Waals surface area contributed by atoms with Gasteiger partial charge in [-0.15, -0.1) is 0 Å². The van der Waals surface area contributed by atoms with Gasteiger partial charge in [0.05, 0.1) is 11.4 Å². The number of nitrogens with one attached hydrogen (secondary N) is 1. The molecule has 1 aromatic heterocycles. The molecule has 0 aliphatic rings. The number of carbonyl (C=O) groups excluding carboxylic acids is 1. The molecule has 0 saturated carbocycles. The van der Waals surface area contributed by atoms with Crippen LogP contribution in [-0.4, -0.2) is 25.9 Å². The van der Waals surface area contributed by atoms with E-state index in [2.05, 4.69) is 26.3 Å². The van der Waals surface area contributed by atoms with E-state index in [0.29, 0.717) is 5.69 Å². The molecule has 0 aliphatic heterocycles. The summed E-state index contributed by atoms with van der Waals surface area (Å²) in [5.41, 5.74) is 0.520. The van der Waals surface area contributed by atoms with E-state index in [9.17, 15) is 19.8 Å². The Bertz CT molecular complexity index is 1050. The highest BCUT2D eigenvalue weighted by atomic mass is 79.9. The molecule has 8 heteroatoms. The molecule has 0 atom stereocenters. The Balaban J connectivity index is 2.00. The summed E-state index contributed by atoms with van der Waals surface area (Å²) >= 11 is 3.30. The monoisotopic (exact) mass is 415 g/mol. The van der Waals surface area contributed by atoms with E-state index in [1.165, 1.54) is 6.07 Å². The van der Waals surface area contributed by atoms with Crippen LogP contribution < -0.4 is 10.9 Å². The van der Waals surface area contributed by atoms with Crippen LogP contribution in [0.3, 0.4) is 0 Å². The summed E-state index contributed by atoms with van der Waals surface area (Å²) < 4.78 is 1.83. The summed E-state index contributed by atoms with van der Waals surface area (Å²) in [7, 11) is 0. The summed E-state index contributed by atoms with van der Waals surface area (Å²) in [5, 5.41) is 26.3. The Morgan fingerprint density at radius 2 is 1.77 bits per heavy atom. The molecule has 7 nitrogen and oxygen atoms in total. The van der Waals surface area contributed by atoms with Gasteiger partial charge in [-0.05, 0) is 48.9 Å². The molecule has 1 heterocycles. The topological polar surface area (TPSA) is 104 Å². The third-order valence-corrected chi connectivity index (χ3v) is 4.13. The number of nitrogens with zero attached hydrogens (tertiary/aromatic N) is 2. The van der Waals surface area contributed by atoms with Crippen molar-refractivity contribution in [1.82, 2.24) is 9.78 Å². The van der Waals surface area contributed by atoms with Gasteiger partial charge in [0.25, 0.3) is 11.5 Å². The lowest BCUT2D eigenvalue weighted by Gasteiger charge is -2.11. The Hall–Kier alpha value is -3.13. The standard InChI is InChI=1S/C18H14BrN3O4/c1-10-2-7-14(23)13(8-10)20-18(26)17-15(24)9-16(25)22(21-17)12-5-3-11(19)4-6-12/h2-9,23-24H,1H3,(H,20,26). The molecule has 3 N–H and O–H groups in total. The number of hydrogen-bond donors (Lipinski definition) is 3. The number of hydrogen-bond acceptors (Lipinski definition) is 5. The lowest BCUT2D eigenvalue weighted by molar-refractivity contribution is 0.101. The van der Waals surface area contributed by atoms with E-state index in [4.69, 9.17) is 0 Å². The third-order valence-electron chi connectivity index (χ3n) is 3.60. The number of phenols is 1. The smallest absolute Gasteiger partial charge is 0.280 e. The number of rotatable bonds is 3. The molecule has 0 bridgehead atoms. The number of carbonyl (C=O) groups is 1. The van der Waals surface area contributed by atoms with E-state index >= 15 is 0 Å². The number of amides is 1. The number of aryl methyl sites for hydroxylation is 1. The maximum Gasteiger partial charge on any atom is 0.280 e. The Labute approximate surface area is 156 Å². The second-order valence-electron chi connectivity index (χ2n) is 5.58. The van der Waals surface area contributed by atoms with Crippen LogP contribution in [0.15, 0.2) is 57.8 Å². The molecule has 0 unspecified atom stereocenters. The average Bonchev–Trinajstić information content (AvgIpc) is 2.59. The van der Waals surface area contributed by atoms with E-state index in [1.807, 2.05) is 0 Å². The second-order valence-corrected chi connectivity index (χ2v) is 6.50. The fourth-order valence-corrected chi connectivity index (χ4v) is 2.57. The average molecular weight is 416 g/mol. The van der Waals surface area contributed by atoms with Crippen LogP contribution in [0.4, 0.5) is 5.69 Å². The Morgan fingerprint density at radius 3 is 2.46 bits per heavy atom. The zero-order valence-electron chi connectivity index (χ0n) is 13.6. The minimum Gasteiger partial charge on any atom is -0.506 e. The van der Waals surface area contributed by atoms with Crippen molar-refractivity contribution in [3.8, 4) is 17.2 Å². The number of phenolic OH excluding ortho intramolecular Hbond substituents is 1. The first-order chi connectivity index (χ1) is 12.3. The van der Waals surface area contributed by atoms with Crippen molar-refractivity contribution in [2.24, 2.45) is 0 Å². The van der Waals surface area contributed by atoms with Gasteiger partial charge in [-0.25, -0.2) is 0 Å². The fraction of sp³-hybridized carbons (Fsp3) is 0.0556. The molecule has 2 aromatic carbocycles. The van der Waals surface area contributed by atoms with E-state index in [1.54, 1.807) is 43.3 Å². The van der Waals surface area contributed by atoms with Gasteiger partial charge in [0.15, 0.2) is 11.4 Å². The fourth-order valence-electron chi connectivity index (χ4n) is 2.31. The number of anilines is 1. The molecular formula is C18H14BrN3O4. The highest BCUT2D eigenvalue weighted by Crippen LogP contribution is 2.25. The van der Waals surface area contributed by atoms with Crippen LogP contribution in [0.5, 0.6) is 11.5 Å². The zero-order chi connectivity index (χ0) is 18.8. The number of aromatic hydroxyl groups is 2. The second kappa shape index (κ2) is 7.01. The molecule has 0 fully saturated rings. The van der Waals surface area contributed by atoms with Gasteiger partial charge >= 0.3 is 0 Å². The molecule has 3 aromatic rings. The minimum atomic E-state index is -0.755. The Kier molecular flexibility index (Phi) is 4.77. The maximum atomic E-state index is 12.5. The van der Waals surface area contributed by atoms with E-state index in [-0.39, 0.29) is 17.1 Å². The zero-order valence-corrected chi connectivity index (χ0v) is 15.2. The third kappa shape index (κ3) is 3.60. The molecule has 3 rings (SSSR count). The van der Waals surface area contributed by atoms with Crippen molar-refractivity contribution >= 4 is 27.5 Å². The largest absolute Gasteiger partial charge is 0.506 e. The van der Waals surface area contributed by atoms with Crippen molar-refractivity contribution in [1.29, 1.82) is 0 Å². The molecular weight excluding hydrogens is 402 g/mol. The van der Waals surface area contributed by atoms with Crippen LogP contribution in [0.25, 0.3) is 5.69 Å². The summed E-state index contributed by atoms with van der Waals surface area (Å²) in [6, 6.07) is 12.4. The van der Waals surface area contributed by atoms with Gasteiger partial charge in [-0.2, -0.15) is 9.78 Å². The van der Waals surface area contributed by atoms with Gasteiger partial charge in [-0.3, -0.25) is 9.59 Å². The Morgan fingerprint density at radius 1 is 1.08 bits per heavy atom. The highest BCUT2D eigenvalue weighted by Gasteiger charge is 2.18. The van der Waals surface area contributed by atoms with E-state index < -0.39 is 17.2 Å². The SMILES string of the molecule is Cc1ccc(O)c(NC(=O)c2nn(-c3ccc(Br)cc3)c(=O)cc2O)c1. The molecule has 0 radical (unpaired) electrons. The van der Waals surface area contributed by atoms with Crippen LogP contribution in [0, 0.1) is 6.92 Å². The first-order valence-electron chi connectivity index (χ1n) is 7.55. The van der Waals surface area contributed by atoms with Crippen molar-refractivity contribution in [2.45, 2.75) is 6.92 Å². The molecule has 26 heavy (non-hydrogen) atoms.